The molecule has 1 heterocycles. The van der Waals surface area contributed by atoms with Gasteiger partial charge in [0.05, 0.1) is 6.04 Å². The maximum Gasteiger partial charge on any atom is 0.0530 e. The van der Waals surface area contributed by atoms with Crippen molar-refractivity contribution in [3.05, 3.63) is 63.3 Å². The number of hydrogen-bond donors (Lipinski definition) is 2. The van der Waals surface area contributed by atoms with Gasteiger partial charge in [0.1, 0.15) is 0 Å². The molecule has 3 nitrogen and oxygen atoms in total. The predicted molar refractivity (Wildman–Crippen MR) is 77.2 cm³/mol. The summed E-state index contributed by atoms with van der Waals surface area (Å²) < 4.78 is 0.975. The van der Waals surface area contributed by atoms with E-state index >= 15 is 0 Å². The lowest BCUT2D eigenvalue weighted by Crippen LogP contribution is -2.30. The van der Waals surface area contributed by atoms with Gasteiger partial charge in [-0.15, -0.1) is 0 Å². The van der Waals surface area contributed by atoms with E-state index in [1.54, 1.807) is 6.20 Å². The smallest absolute Gasteiger partial charge is 0.0530 e. The number of hydrogen-bond acceptors (Lipinski definition) is 3. The fourth-order valence-corrected chi connectivity index (χ4v) is 2.40. The first kappa shape index (κ1) is 13.5. The molecular formula is C13H13BrClN3. The van der Waals surface area contributed by atoms with Crippen LogP contribution in [-0.2, 0) is 6.42 Å². The fourth-order valence-electron chi connectivity index (χ4n) is 1.77. The molecule has 1 unspecified atom stereocenters. The van der Waals surface area contributed by atoms with Crippen LogP contribution in [0.5, 0.6) is 0 Å². The molecule has 2 aromatic rings. The first-order chi connectivity index (χ1) is 8.70. The highest BCUT2D eigenvalue weighted by atomic mass is 79.9. The van der Waals surface area contributed by atoms with Crippen LogP contribution < -0.4 is 11.3 Å². The molecule has 94 valence electrons. The van der Waals surface area contributed by atoms with Gasteiger partial charge in [-0.1, -0.05) is 33.6 Å². The molecule has 0 aliphatic rings. The van der Waals surface area contributed by atoms with Crippen molar-refractivity contribution >= 4 is 27.5 Å². The zero-order valence-electron chi connectivity index (χ0n) is 9.61. The van der Waals surface area contributed by atoms with E-state index < -0.39 is 0 Å². The summed E-state index contributed by atoms with van der Waals surface area (Å²) in [6.07, 6.45) is 2.46. The molecule has 0 spiro atoms. The monoisotopic (exact) mass is 325 g/mol. The topological polar surface area (TPSA) is 50.9 Å². The quantitative estimate of drug-likeness (QED) is 0.670. The van der Waals surface area contributed by atoms with Gasteiger partial charge >= 0.3 is 0 Å². The van der Waals surface area contributed by atoms with Crippen molar-refractivity contribution in [1.29, 1.82) is 0 Å². The van der Waals surface area contributed by atoms with Crippen LogP contribution in [0, 0.1) is 0 Å². The van der Waals surface area contributed by atoms with Crippen molar-refractivity contribution in [3.63, 3.8) is 0 Å². The van der Waals surface area contributed by atoms with E-state index in [4.69, 9.17) is 17.4 Å². The molecule has 0 aliphatic carbocycles. The molecule has 0 saturated carbocycles. The van der Waals surface area contributed by atoms with Crippen molar-refractivity contribution in [2.45, 2.75) is 12.5 Å². The molecule has 0 fully saturated rings. The van der Waals surface area contributed by atoms with Gasteiger partial charge in [0.25, 0.3) is 0 Å². The Balaban J connectivity index is 2.26. The van der Waals surface area contributed by atoms with Crippen molar-refractivity contribution in [3.8, 4) is 0 Å². The highest BCUT2D eigenvalue weighted by Crippen LogP contribution is 2.27. The van der Waals surface area contributed by atoms with Crippen LogP contribution in [0.4, 0.5) is 0 Å². The van der Waals surface area contributed by atoms with Crippen LogP contribution in [0.15, 0.2) is 47.1 Å². The van der Waals surface area contributed by atoms with E-state index in [1.165, 1.54) is 0 Å². The number of halogens is 2. The Morgan fingerprint density at radius 2 is 2.17 bits per heavy atom. The summed E-state index contributed by atoms with van der Waals surface area (Å²) in [4.78, 5) is 4.29. The third-order valence-corrected chi connectivity index (χ3v) is 3.51. The summed E-state index contributed by atoms with van der Waals surface area (Å²) in [7, 11) is 0. The number of hydrazine groups is 1. The number of nitrogens with zero attached hydrogens (tertiary/aromatic N) is 1. The highest BCUT2D eigenvalue weighted by Gasteiger charge is 2.14. The number of benzene rings is 1. The first-order valence-corrected chi connectivity index (χ1v) is 6.69. The van der Waals surface area contributed by atoms with Crippen molar-refractivity contribution in [2.75, 3.05) is 0 Å². The Hall–Kier alpha value is -0.940. The molecule has 0 aliphatic heterocycles. The molecule has 2 rings (SSSR count). The van der Waals surface area contributed by atoms with E-state index in [0.29, 0.717) is 11.4 Å². The Bertz CT molecular complexity index is 519. The highest BCUT2D eigenvalue weighted by molar-refractivity contribution is 9.10. The minimum atomic E-state index is -0.0649. The molecule has 1 aromatic carbocycles. The fraction of sp³-hybridized carbons (Fsp3) is 0.154. The second kappa shape index (κ2) is 6.29. The minimum Gasteiger partial charge on any atom is -0.271 e. The van der Waals surface area contributed by atoms with Crippen LogP contribution >= 0.6 is 27.5 Å². The van der Waals surface area contributed by atoms with Gasteiger partial charge in [-0.2, -0.15) is 0 Å². The summed E-state index contributed by atoms with van der Waals surface area (Å²) in [6.45, 7) is 0. The van der Waals surface area contributed by atoms with Crippen LogP contribution in [0.2, 0.25) is 5.02 Å². The van der Waals surface area contributed by atoms with Gasteiger partial charge in [-0.25, -0.2) is 0 Å². The maximum atomic E-state index is 6.20. The molecule has 18 heavy (non-hydrogen) atoms. The van der Waals surface area contributed by atoms with Crippen molar-refractivity contribution < 1.29 is 0 Å². The van der Waals surface area contributed by atoms with Crippen molar-refractivity contribution in [1.82, 2.24) is 10.4 Å². The predicted octanol–water partition coefficient (Wildman–Crippen LogP) is 3.24. The Labute approximate surface area is 119 Å². The third kappa shape index (κ3) is 3.29. The first-order valence-electron chi connectivity index (χ1n) is 5.51. The van der Waals surface area contributed by atoms with Crippen molar-refractivity contribution in [2.24, 2.45) is 5.84 Å². The van der Waals surface area contributed by atoms with Gasteiger partial charge in [0.2, 0.25) is 0 Å². The van der Waals surface area contributed by atoms with Crippen LogP contribution in [0.25, 0.3) is 0 Å². The van der Waals surface area contributed by atoms with Gasteiger partial charge in [-0.05, 0) is 35.9 Å². The molecule has 3 N–H and O–H groups in total. The lowest BCUT2D eigenvalue weighted by molar-refractivity contribution is 0.546. The second-order valence-corrected chi connectivity index (χ2v) is 5.23. The van der Waals surface area contributed by atoms with Gasteiger partial charge in [0, 0.05) is 27.8 Å². The Morgan fingerprint density at radius 3 is 2.83 bits per heavy atom. The molecular weight excluding hydrogens is 314 g/mol. The van der Waals surface area contributed by atoms with E-state index in [-0.39, 0.29) is 6.04 Å². The van der Waals surface area contributed by atoms with E-state index in [2.05, 4.69) is 26.3 Å². The van der Waals surface area contributed by atoms with Crippen LogP contribution in [0.3, 0.4) is 0 Å². The van der Waals surface area contributed by atoms with E-state index in [1.807, 2.05) is 36.4 Å². The number of nitrogens with two attached hydrogens (primary N) is 1. The summed E-state index contributed by atoms with van der Waals surface area (Å²) in [5.41, 5.74) is 4.72. The second-order valence-electron chi connectivity index (χ2n) is 3.91. The summed E-state index contributed by atoms with van der Waals surface area (Å²) in [5, 5.41) is 0.692. The lowest BCUT2D eigenvalue weighted by atomic mass is 10.0. The third-order valence-electron chi connectivity index (χ3n) is 2.67. The number of aromatic nitrogens is 1. The van der Waals surface area contributed by atoms with Crippen LogP contribution in [-0.4, -0.2) is 4.98 Å². The Kier molecular flexibility index (Phi) is 4.72. The zero-order chi connectivity index (χ0) is 13.0. The number of pyridine rings is 1. The van der Waals surface area contributed by atoms with E-state index in [0.717, 1.165) is 15.7 Å². The molecule has 1 aromatic heterocycles. The Morgan fingerprint density at radius 1 is 1.33 bits per heavy atom. The molecule has 0 radical (unpaired) electrons. The average molecular weight is 327 g/mol. The molecule has 0 saturated heterocycles. The standard InChI is InChI=1S/C13H13BrClN3/c14-9-4-5-12(15)11(7-9)13(18-16)8-10-3-1-2-6-17-10/h1-7,13,18H,8,16H2. The number of nitrogens with one attached hydrogen (secondary N) is 1. The molecule has 0 bridgehead atoms. The summed E-state index contributed by atoms with van der Waals surface area (Å²) in [6, 6.07) is 11.5. The lowest BCUT2D eigenvalue weighted by Gasteiger charge is -2.17. The number of rotatable bonds is 4. The minimum absolute atomic E-state index is 0.0649. The SMILES string of the molecule is NNC(Cc1ccccn1)c1cc(Br)ccc1Cl. The molecule has 1 atom stereocenters. The van der Waals surface area contributed by atoms with E-state index in [9.17, 15) is 0 Å². The van der Waals surface area contributed by atoms with Crippen LogP contribution in [0.1, 0.15) is 17.3 Å². The normalized spacial score (nSPS) is 12.4. The van der Waals surface area contributed by atoms with Gasteiger partial charge in [-0.3, -0.25) is 16.3 Å². The molecule has 5 heteroatoms. The largest absolute Gasteiger partial charge is 0.271 e. The maximum absolute atomic E-state index is 6.20. The molecule has 0 amide bonds. The van der Waals surface area contributed by atoms with Gasteiger partial charge in [0.15, 0.2) is 0 Å². The summed E-state index contributed by atoms with van der Waals surface area (Å²) >= 11 is 9.64. The summed E-state index contributed by atoms with van der Waals surface area (Å²) in [5.74, 6) is 5.62. The zero-order valence-corrected chi connectivity index (χ0v) is 11.9. The average Bonchev–Trinajstić information content (AvgIpc) is 2.40. The van der Waals surface area contributed by atoms with Gasteiger partial charge < -0.3 is 0 Å².